The first-order chi connectivity index (χ1) is 15.7. The number of rotatable bonds is 6. The molecule has 2 heterocycles. The smallest absolute Gasteiger partial charge is 0.260 e. The molecule has 32 heavy (non-hydrogen) atoms. The van der Waals surface area contributed by atoms with Crippen molar-refractivity contribution in [2.24, 2.45) is 0 Å². The lowest BCUT2D eigenvalue weighted by molar-refractivity contribution is 0.0986. The number of nitrogens with zero attached hydrogens (tertiary/aromatic N) is 4. The number of anilines is 1. The zero-order valence-electron chi connectivity index (χ0n) is 17.1. The van der Waals surface area contributed by atoms with E-state index in [1.807, 2.05) is 72.9 Å². The minimum atomic E-state index is -0.392. The molecule has 7 heteroatoms. The van der Waals surface area contributed by atoms with Gasteiger partial charge >= 0.3 is 0 Å². The van der Waals surface area contributed by atoms with E-state index in [-0.39, 0.29) is 11.4 Å². The van der Waals surface area contributed by atoms with Gasteiger partial charge in [0.25, 0.3) is 5.91 Å². The van der Waals surface area contributed by atoms with Gasteiger partial charge in [-0.3, -0.25) is 14.4 Å². The average molecular weight is 443 g/mol. The third-order valence-electron chi connectivity index (χ3n) is 5.19. The molecule has 0 fully saturated rings. The molecule has 5 aromatic rings. The summed E-state index contributed by atoms with van der Waals surface area (Å²) >= 11 is 1.30. The molecule has 0 saturated carbocycles. The number of aromatic nitrogens is 3. The van der Waals surface area contributed by atoms with E-state index in [0.717, 1.165) is 11.1 Å². The van der Waals surface area contributed by atoms with Crippen molar-refractivity contribution in [3.05, 3.63) is 103 Å². The Kier molecular flexibility index (Phi) is 5.47. The SMILES string of the molecule is O=C(c1ccc(-c2ccccc2)cc1)N(CCn1cccn1)c1nc2c(F)cccc2s1. The molecule has 3 aromatic carbocycles. The number of fused-ring (bicyclic) bond motifs is 1. The van der Waals surface area contributed by atoms with Crippen LogP contribution in [0.3, 0.4) is 0 Å². The maximum atomic E-state index is 14.2. The molecule has 0 radical (unpaired) electrons. The molecule has 0 spiro atoms. The van der Waals surface area contributed by atoms with Crippen LogP contribution < -0.4 is 4.90 Å². The average Bonchev–Trinajstić information content (AvgIpc) is 3.51. The van der Waals surface area contributed by atoms with Crippen LogP contribution in [-0.4, -0.2) is 27.2 Å². The molecule has 0 aliphatic rings. The summed E-state index contributed by atoms with van der Waals surface area (Å²) in [6.07, 6.45) is 3.54. The van der Waals surface area contributed by atoms with Gasteiger partial charge in [-0.1, -0.05) is 59.9 Å². The minimum absolute atomic E-state index is 0.184. The van der Waals surface area contributed by atoms with Crippen molar-refractivity contribution in [1.29, 1.82) is 0 Å². The molecule has 0 aliphatic carbocycles. The summed E-state index contributed by atoms with van der Waals surface area (Å²) in [5, 5.41) is 4.68. The van der Waals surface area contributed by atoms with Crippen molar-refractivity contribution in [2.45, 2.75) is 6.54 Å². The number of thiazole rings is 1. The maximum Gasteiger partial charge on any atom is 0.260 e. The highest BCUT2D eigenvalue weighted by Crippen LogP contribution is 2.31. The van der Waals surface area contributed by atoms with E-state index in [9.17, 15) is 9.18 Å². The fourth-order valence-corrected chi connectivity index (χ4v) is 4.53. The number of hydrogen-bond donors (Lipinski definition) is 0. The molecule has 0 aliphatic heterocycles. The van der Waals surface area contributed by atoms with Crippen molar-refractivity contribution in [3.63, 3.8) is 0 Å². The Hall–Kier alpha value is -3.84. The van der Waals surface area contributed by atoms with Gasteiger partial charge in [0.2, 0.25) is 0 Å². The summed E-state index contributed by atoms with van der Waals surface area (Å²) in [6, 6.07) is 24.2. The van der Waals surface area contributed by atoms with E-state index >= 15 is 0 Å². The highest BCUT2D eigenvalue weighted by molar-refractivity contribution is 7.22. The van der Waals surface area contributed by atoms with Gasteiger partial charge in [0, 0.05) is 24.5 Å². The lowest BCUT2D eigenvalue weighted by Crippen LogP contribution is -2.34. The molecule has 2 aromatic heterocycles. The third-order valence-corrected chi connectivity index (χ3v) is 6.23. The van der Waals surface area contributed by atoms with Crippen LogP contribution in [0.5, 0.6) is 0 Å². The standard InChI is InChI=1S/C25H19FN4OS/c26-21-8-4-9-22-23(21)28-25(32-22)30(17-16-29-15-5-14-27-29)24(31)20-12-10-19(11-13-20)18-6-2-1-3-7-18/h1-15H,16-17H2. The Morgan fingerprint density at radius 1 is 0.938 bits per heavy atom. The molecule has 0 unspecified atom stereocenters. The van der Waals surface area contributed by atoms with Gasteiger partial charge in [-0.15, -0.1) is 0 Å². The summed E-state index contributed by atoms with van der Waals surface area (Å²) in [5.41, 5.74) is 2.95. The first kappa shape index (κ1) is 20.1. The van der Waals surface area contributed by atoms with Crippen molar-refractivity contribution in [3.8, 4) is 11.1 Å². The molecule has 5 rings (SSSR count). The summed E-state index contributed by atoms with van der Waals surface area (Å²) < 4.78 is 16.7. The number of hydrogen-bond acceptors (Lipinski definition) is 4. The van der Waals surface area contributed by atoms with Gasteiger partial charge < -0.3 is 0 Å². The number of carbonyl (C=O) groups is 1. The number of carbonyl (C=O) groups excluding carboxylic acids is 1. The van der Waals surface area contributed by atoms with E-state index in [1.54, 1.807) is 21.8 Å². The number of para-hydroxylation sites is 1. The quantitative estimate of drug-likeness (QED) is 0.342. The van der Waals surface area contributed by atoms with Crippen LogP contribution in [0.2, 0.25) is 0 Å². The van der Waals surface area contributed by atoms with Gasteiger partial charge in [-0.2, -0.15) is 5.10 Å². The Bertz CT molecular complexity index is 1350. The Labute approximate surface area is 188 Å². The molecule has 5 nitrogen and oxygen atoms in total. The highest BCUT2D eigenvalue weighted by Gasteiger charge is 2.22. The first-order valence-corrected chi connectivity index (χ1v) is 11.0. The van der Waals surface area contributed by atoms with Gasteiger partial charge in [-0.05, 0) is 41.5 Å². The Morgan fingerprint density at radius 2 is 1.72 bits per heavy atom. The van der Waals surface area contributed by atoms with Gasteiger partial charge in [-0.25, -0.2) is 9.37 Å². The van der Waals surface area contributed by atoms with Crippen LogP contribution >= 0.6 is 11.3 Å². The van der Waals surface area contributed by atoms with E-state index in [1.165, 1.54) is 17.4 Å². The molecular formula is C25H19FN4OS. The van der Waals surface area contributed by atoms with Crippen LogP contribution in [0, 0.1) is 5.82 Å². The molecule has 0 bridgehead atoms. The fraction of sp³-hybridized carbons (Fsp3) is 0.0800. The van der Waals surface area contributed by atoms with E-state index in [0.29, 0.717) is 28.5 Å². The van der Waals surface area contributed by atoms with E-state index < -0.39 is 5.82 Å². The number of benzene rings is 3. The Balaban J connectivity index is 1.47. The molecule has 158 valence electrons. The van der Waals surface area contributed by atoms with Crippen LogP contribution in [0.25, 0.3) is 21.3 Å². The monoisotopic (exact) mass is 442 g/mol. The van der Waals surface area contributed by atoms with Crippen LogP contribution in [0.1, 0.15) is 10.4 Å². The van der Waals surface area contributed by atoms with E-state index in [2.05, 4.69) is 10.1 Å². The molecule has 0 N–H and O–H groups in total. The predicted octanol–water partition coefficient (Wildman–Crippen LogP) is 5.65. The molecule has 1 amide bonds. The van der Waals surface area contributed by atoms with Crippen molar-refractivity contribution in [1.82, 2.24) is 14.8 Å². The summed E-state index contributed by atoms with van der Waals surface area (Å²) in [6.45, 7) is 0.863. The van der Waals surface area contributed by atoms with Crippen molar-refractivity contribution < 1.29 is 9.18 Å². The van der Waals surface area contributed by atoms with Crippen molar-refractivity contribution >= 4 is 32.6 Å². The maximum absolute atomic E-state index is 14.2. The molecular weight excluding hydrogens is 423 g/mol. The minimum Gasteiger partial charge on any atom is -0.282 e. The molecule has 0 atom stereocenters. The van der Waals surface area contributed by atoms with Gasteiger partial charge in [0.05, 0.1) is 11.2 Å². The lowest BCUT2D eigenvalue weighted by Gasteiger charge is -2.20. The second kappa shape index (κ2) is 8.72. The van der Waals surface area contributed by atoms with Gasteiger partial charge in [0.15, 0.2) is 5.13 Å². The van der Waals surface area contributed by atoms with Crippen molar-refractivity contribution in [2.75, 3.05) is 11.4 Å². The van der Waals surface area contributed by atoms with Crippen LogP contribution in [-0.2, 0) is 6.54 Å². The second-order valence-electron chi connectivity index (χ2n) is 7.25. The fourth-order valence-electron chi connectivity index (χ4n) is 3.53. The summed E-state index contributed by atoms with van der Waals surface area (Å²) in [7, 11) is 0. The molecule has 0 saturated heterocycles. The lowest BCUT2D eigenvalue weighted by atomic mass is 10.0. The Morgan fingerprint density at radius 3 is 2.44 bits per heavy atom. The predicted molar refractivity (Wildman–Crippen MR) is 125 cm³/mol. The largest absolute Gasteiger partial charge is 0.282 e. The highest BCUT2D eigenvalue weighted by atomic mass is 32.1. The second-order valence-corrected chi connectivity index (χ2v) is 8.26. The zero-order chi connectivity index (χ0) is 21.9. The number of amides is 1. The third kappa shape index (κ3) is 4.02. The number of halogens is 1. The zero-order valence-corrected chi connectivity index (χ0v) is 17.9. The topological polar surface area (TPSA) is 51.0 Å². The van der Waals surface area contributed by atoms with Crippen LogP contribution in [0.15, 0.2) is 91.3 Å². The normalized spacial score (nSPS) is 11.0. The first-order valence-electron chi connectivity index (χ1n) is 10.2. The van der Waals surface area contributed by atoms with E-state index in [4.69, 9.17) is 0 Å². The summed E-state index contributed by atoms with van der Waals surface area (Å²) in [4.78, 5) is 19.5. The van der Waals surface area contributed by atoms with Gasteiger partial charge in [0.1, 0.15) is 11.3 Å². The summed E-state index contributed by atoms with van der Waals surface area (Å²) in [5.74, 6) is -0.576. The van der Waals surface area contributed by atoms with Crippen LogP contribution in [0.4, 0.5) is 9.52 Å².